The van der Waals surface area contributed by atoms with Crippen LogP contribution in [0.25, 0.3) is 11.4 Å². The SMILES string of the molecule is Cc1nc(-c2cncc(F)c2)n(Cc2cc(Cl)ccc2Cl)c1C(=O)O. The van der Waals surface area contributed by atoms with Crippen LogP contribution in [0.15, 0.2) is 36.7 Å². The Hall–Kier alpha value is -2.44. The number of aromatic carboxylic acids is 1. The lowest BCUT2D eigenvalue weighted by atomic mass is 10.2. The lowest BCUT2D eigenvalue weighted by Gasteiger charge is -2.12. The molecule has 0 aliphatic heterocycles. The molecule has 0 spiro atoms. The van der Waals surface area contributed by atoms with E-state index in [1.807, 2.05) is 0 Å². The molecule has 5 nitrogen and oxygen atoms in total. The van der Waals surface area contributed by atoms with Crippen LogP contribution >= 0.6 is 23.2 Å². The average molecular weight is 380 g/mol. The summed E-state index contributed by atoms with van der Waals surface area (Å²) in [5.41, 5.74) is 1.30. The molecule has 3 aromatic rings. The van der Waals surface area contributed by atoms with Crippen molar-refractivity contribution in [3.8, 4) is 11.4 Å². The molecular weight excluding hydrogens is 368 g/mol. The molecule has 0 saturated carbocycles. The van der Waals surface area contributed by atoms with Crippen molar-refractivity contribution in [3.63, 3.8) is 0 Å². The number of carboxylic acids is 1. The molecule has 0 bridgehead atoms. The maximum absolute atomic E-state index is 13.5. The largest absolute Gasteiger partial charge is 0.477 e. The first-order valence-electron chi connectivity index (χ1n) is 7.22. The van der Waals surface area contributed by atoms with Crippen molar-refractivity contribution in [1.29, 1.82) is 0 Å². The highest BCUT2D eigenvalue weighted by Crippen LogP contribution is 2.27. The molecule has 1 N–H and O–H groups in total. The summed E-state index contributed by atoms with van der Waals surface area (Å²) in [5.74, 6) is -1.39. The fourth-order valence-corrected chi connectivity index (χ4v) is 2.96. The number of carboxylic acid groups (broad SMARTS) is 1. The Morgan fingerprint density at radius 3 is 2.72 bits per heavy atom. The third-order valence-electron chi connectivity index (χ3n) is 3.64. The molecule has 25 heavy (non-hydrogen) atoms. The lowest BCUT2D eigenvalue weighted by molar-refractivity contribution is 0.0685. The maximum Gasteiger partial charge on any atom is 0.354 e. The van der Waals surface area contributed by atoms with Crippen LogP contribution in [0.1, 0.15) is 21.7 Å². The molecule has 0 atom stereocenters. The summed E-state index contributed by atoms with van der Waals surface area (Å²) in [6.07, 6.45) is 2.49. The van der Waals surface area contributed by atoms with Crippen LogP contribution in [0.4, 0.5) is 4.39 Å². The second-order valence-electron chi connectivity index (χ2n) is 5.39. The first-order valence-corrected chi connectivity index (χ1v) is 7.97. The van der Waals surface area contributed by atoms with Crippen LogP contribution in [0.2, 0.25) is 10.0 Å². The van der Waals surface area contributed by atoms with Gasteiger partial charge in [0.1, 0.15) is 11.6 Å². The van der Waals surface area contributed by atoms with E-state index in [0.29, 0.717) is 26.9 Å². The number of aryl methyl sites for hydroxylation is 1. The molecular formula is C17H12Cl2FN3O2. The third kappa shape index (κ3) is 3.50. The Balaban J connectivity index is 2.19. The molecule has 0 radical (unpaired) electrons. The summed E-state index contributed by atoms with van der Waals surface area (Å²) in [6, 6.07) is 6.17. The van der Waals surface area contributed by atoms with Gasteiger partial charge in [-0.3, -0.25) is 4.98 Å². The Morgan fingerprint density at radius 1 is 1.28 bits per heavy atom. The van der Waals surface area contributed by atoms with E-state index >= 15 is 0 Å². The van der Waals surface area contributed by atoms with Gasteiger partial charge in [-0.05, 0) is 36.8 Å². The van der Waals surface area contributed by atoms with E-state index in [1.165, 1.54) is 16.8 Å². The molecule has 1 aromatic carbocycles. The molecule has 0 unspecified atom stereocenters. The minimum atomic E-state index is -1.14. The Bertz CT molecular complexity index is 973. The number of hydrogen-bond acceptors (Lipinski definition) is 3. The molecule has 0 aliphatic carbocycles. The van der Waals surface area contributed by atoms with Crippen LogP contribution in [0, 0.1) is 12.7 Å². The van der Waals surface area contributed by atoms with Crippen LogP contribution in [-0.2, 0) is 6.54 Å². The number of benzene rings is 1. The van der Waals surface area contributed by atoms with E-state index in [0.717, 1.165) is 6.20 Å². The normalized spacial score (nSPS) is 10.9. The predicted molar refractivity (Wildman–Crippen MR) is 92.7 cm³/mol. The molecule has 3 rings (SSSR count). The first kappa shape index (κ1) is 17.4. The number of pyridine rings is 1. The van der Waals surface area contributed by atoms with Gasteiger partial charge >= 0.3 is 5.97 Å². The number of rotatable bonds is 4. The van der Waals surface area contributed by atoms with Crippen LogP contribution in [0.5, 0.6) is 0 Å². The zero-order chi connectivity index (χ0) is 18.1. The third-order valence-corrected chi connectivity index (χ3v) is 4.25. The highest BCUT2D eigenvalue weighted by Gasteiger charge is 2.22. The van der Waals surface area contributed by atoms with Crippen molar-refractivity contribution in [2.75, 3.05) is 0 Å². The number of carbonyl (C=O) groups is 1. The van der Waals surface area contributed by atoms with Gasteiger partial charge in [0.15, 0.2) is 5.69 Å². The number of halogens is 3. The maximum atomic E-state index is 13.5. The monoisotopic (exact) mass is 379 g/mol. The lowest BCUT2D eigenvalue weighted by Crippen LogP contribution is -2.12. The second kappa shape index (κ2) is 6.82. The highest BCUT2D eigenvalue weighted by molar-refractivity contribution is 6.33. The van der Waals surface area contributed by atoms with Gasteiger partial charge in [0, 0.05) is 21.8 Å². The van der Waals surface area contributed by atoms with Gasteiger partial charge < -0.3 is 9.67 Å². The Morgan fingerprint density at radius 2 is 2.04 bits per heavy atom. The van der Waals surface area contributed by atoms with Gasteiger partial charge in [0.25, 0.3) is 0 Å². The van der Waals surface area contributed by atoms with E-state index in [-0.39, 0.29) is 18.1 Å². The molecule has 128 valence electrons. The van der Waals surface area contributed by atoms with Crippen molar-refractivity contribution in [3.05, 3.63) is 69.5 Å². The number of nitrogens with zero attached hydrogens (tertiary/aromatic N) is 3. The molecule has 2 aromatic heterocycles. The fourth-order valence-electron chi connectivity index (χ4n) is 2.59. The Labute approximate surface area is 152 Å². The standard InChI is InChI=1S/C17H12Cl2FN3O2/c1-9-15(17(24)25)23(8-11-4-12(18)2-3-14(11)19)16(22-9)10-5-13(20)7-21-6-10/h2-7H,8H2,1H3,(H,24,25). The smallest absolute Gasteiger partial charge is 0.354 e. The van der Waals surface area contributed by atoms with Gasteiger partial charge in [-0.25, -0.2) is 14.2 Å². The van der Waals surface area contributed by atoms with E-state index in [2.05, 4.69) is 9.97 Å². The highest BCUT2D eigenvalue weighted by atomic mass is 35.5. The first-order chi connectivity index (χ1) is 11.9. The van der Waals surface area contributed by atoms with Crippen molar-refractivity contribution < 1.29 is 14.3 Å². The van der Waals surface area contributed by atoms with E-state index in [1.54, 1.807) is 25.1 Å². The van der Waals surface area contributed by atoms with E-state index < -0.39 is 11.8 Å². The quantitative estimate of drug-likeness (QED) is 0.727. The van der Waals surface area contributed by atoms with Crippen LogP contribution < -0.4 is 0 Å². The molecule has 0 aliphatic rings. The van der Waals surface area contributed by atoms with Gasteiger partial charge in [0.05, 0.1) is 18.4 Å². The summed E-state index contributed by atoms with van der Waals surface area (Å²) in [7, 11) is 0. The topological polar surface area (TPSA) is 68.0 Å². The molecule has 0 saturated heterocycles. The Kier molecular flexibility index (Phi) is 4.74. The van der Waals surface area contributed by atoms with E-state index in [4.69, 9.17) is 23.2 Å². The zero-order valence-corrected chi connectivity index (χ0v) is 14.5. The minimum absolute atomic E-state index is 0.00435. The van der Waals surface area contributed by atoms with Crippen molar-refractivity contribution in [2.45, 2.75) is 13.5 Å². The predicted octanol–water partition coefficient (Wildman–Crippen LogP) is 4.45. The van der Waals surface area contributed by atoms with Crippen molar-refractivity contribution in [1.82, 2.24) is 14.5 Å². The summed E-state index contributed by atoms with van der Waals surface area (Å²) in [5, 5.41) is 10.5. The van der Waals surface area contributed by atoms with Gasteiger partial charge in [-0.2, -0.15) is 0 Å². The zero-order valence-electron chi connectivity index (χ0n) is 13.0. The van der Waals surface area contributed by atoms with Gasteiger partial charge in [-0.15, -0.1) is 0 Å². The molecule has 2 heterocycles. The number of hydrogen-bond donors (Lipinski definition) is 1. The summed E-state index contributed by atoms with van der Waals surface area (Å²) < 4.78 is 15.0. The summed E-state index contributed by atoms with van der Waals surface area (Å²) in [4.78, 5) is 19.8. The average Bonchev–Trinajstić information content (AvgIpc) is 2.87. The number of aromatic nitrogens is 3. The summed E-state index contributed by atoms with van der Waals surface area (Å²) >= 11 is 12.2. The van der Waals surface area contributed by atoms with Crippen LogP contribution in [-0.4, -0.2) is 25.6 Å². The van der Waals surface area contributed by atoms with E-state index in [9.17, 15) is 14.3 Å². The number of imidazole rings is 1. The van der Waals surface area contributed by atoms with Crippen molar-refractivity contribution in [2.24, 2.45) is 0 Å². The molecule has 8 heteroatoms. The minimum Gasteiger partial charge on any atom is -0.477 e. The van der Waals surface area contributed by atoms with Crippen LogP contribution in [0.3, 0.4) is 0 Å². The summed E-state index contributed by atoms with van der Waals surface area (Å²) in [6.45, 7) is 1.70. The molecule has 0 fully saturated rings. The van der Waals surface area contributed by atoms with Crippen molar-refractivity contribution >= 4 is 29.2 Å². The fraction of sp³-hybridized carbons (Fsp3) is 0.118. The van der Waals surface area contributed by atoms with Gasteiger partial charge in [0.2, 0.25) is 0 Å². The van der Waals surface area contributed by atoms with Gasteiger partial charge in [-0.1, -0.05) is 23.2 Å². The second-order valence-corrected chi connectivity index (χ2v) is 6.23. The molecule has 0 amide bonds.